The lowest BCUT2D eigenvalue weighted by Gasteiger charge is -2.14. The third kappa shape index (κ3) is 2.42. The molecular formula is C12H16N4O2. The van der Waals surface area contributed by atoms with Crippen molar-refractivity contribution in [2.75, 3.05) is 0 Å². The number of oxazole rings is 1. The number of carbonyl (C=O) groups excluding carboxylic acids is 1. The monoisotopic (exact) mass is 248 g/mol. The van der Waals surface area contributed by atoms with Gasteiger partial charge in [-0.1, -0.05) is 6.92 Å². The summed E-state index contributed by atoms with van der Waals surface area (Å²) in [5, 5.41) is 7.03. The van der Waals surface area contributed by atoms with Crippen molar-refractivity contribution in [3.05, 3.63) is 35.8 Å². The van der Waals surface area contributed by atoms with Crippen LogP contribution in [0, 0.1) is 6.92 Å². The normalized spacial score (nSPS) is 12.4. The predicted molar refractivity (Wildman–Crippen MR) is 64.9 cm³/mol. The van der Waals surface area contributed by atoms with Crippen LogP contribution < -0.4 is 5.32 Å². The molecule has 2 aromatic rings. The molecule has 0 bridgehead atoms. The summed E-state index contributed by atoms with van der Waals surface area (Å²) in [5.41, 5.74) is 1.31. The molecule has 1 N–H and O–H groups in total. The maximum atomic E-state index is 12.0. The highest BCUT2D eigenvalue weighted by Gasteiger charge is 2.19. The molecule has 6 nitrogen and oxygen atoms in total. The van der Waals surface area contributed by atoms with Gasteiger partial charge < -0.3 is 9.73 Å². The predicted octanol–water partition coefficient (Wildman–Crippen LogP) is 1.60. The van der Waals surface area contributed by atoms with Gasteiger partial charge in [-0.2, -0.15) is 5.10 Å². The fraction of sp³-hybridized carbons (Fsp3) is 0.417. The van der Waals surface area contributed by atoms with Crippen molar-refractivity contribution >= 4 is 5.91 Å². The molecule has 96 valence electrons. The summed E-state index contributed by atoms with van der Waals surface area (Å²) >= 11 is 0. The summed E-state index contributed by atoms with van der Waals surface area (Å²) < 4.78 is 6.74. The average molecular weight is 248 g/mol. The maximum Gasteiger partial charge on any atom is 0.274 e. The van der Waals surface area contributed by atoms with Crippen LogP contribution in [0.15, 0.2) is 23.2 Å². The number of rotatable bonds is 4. The van der Waals surface area contributed by atoms with Gasteiger partial charge in [0.05, 0.1) is 12.2 Å². The third-order valence-corrected chi connectivity index (χ3v) is 2.80. The molecule has 0 aliphatic rings. The first-order valence-corrected chi connectivity index (χ1v) is 5.81. The second-order valence-corrected chi connectivity index (χ2v) is 4.14. The molecule has 1 unspecified atom stereocenters. The Kier molecular flexibility index (Phi) is 3.45. The van der Waals surface area contributed by atoms with Crippen LogP contribution in [0.25, 0.3) is 0 Å². The zero-order chi connectivity index (χ0) is 13.1. The number of aryl methyl sites for hydroxylation is 2. The SMILES string of the molecule is CCC(NC(=O)c1ncoc1C)c1cnn(C)c1. The van der Waals surface area contributed by atoms with E-state index >= 15 is 0 Å². The first kappa shape index (κ1) is 12.3. The number of amides is 1. The largest absolute Gasteiger partial charge is 0.448 e. The molecule has 6 heteroatoms. The van der Waals surface area contributed by atoms with Crippen LogP contribution in [0.4, 0.5) is 0 Å². The van der Waals surface area contributed by atoms with Gasteiger partial charge in [-0.3, -0.25) is 9.48 Å². The van der Waals surface area contributed by atoms with Crippen LogP contribution in [0.2, 0.25) is 0 Å². The Morgan fingerprint density at radius 1 is 1.61 bits per heavy atom. The van der Waals surface area contributed by atoms with E-state index in [2.05, 4.69) is 15.4 Å². The minimum absolute atomic E-state index is 0.0673. The highest BCUT2D eigenvalue weighted by Crippen LogP contribution is 2.16. The van der Waals surface area contributed by atoms with Crippen molar-refractivity contribution in [1.82, 2.24) is 20.1 Å². The molecule has 0 fully saturated rings. The van der Waals surface area contributed by atoms with Gasteiger partial charge in [-0.25, -0.2) is 4.98 Å². The van der Waals surface area contributed by atoms with Gasteiger partial charge in [0.15, 0.2) is 12.1 Å². The minimum Gasteiger partial charge on any atom is -0.448 e. The summed E-state index contributed by atoms with van der Waals surface area (Å²) in [7, 11) is 1.85. The molecule has 0 spiro atoms. The Morgan fingerprint density at radius 2 is 2.39 bits per heavy atom. The number of hydrogen-bond acceptors (Lipinski definition) is 4. The molecule has 1 amide bonds. The molecule has 2 rings (SSSR count). The molecule has 0 aromatic carbocycles. The molecule has 1 atom stereocenters. The van der Waals surface area contributed by atoms with Gasteiger partial charge in [0.1, 0.15) is 5.76 Å². The molecule has 0 radical (unpaired) electrons. The van der Waals surface area contributed by atoms with Crippen LogP contribution in [-0.4, -0.2) is 20.7 Å². The summed E-state index contributed by atoms with van der Waals surface area (Å²) in [5.74, 6) is 0.297. The summed E-state index contributed by atoms with van der Waals surface area (Å²) in [4.78, 5) is 15.9. The Morgan fingerprint density at radius 3 is 2.89 bits per heavy atom. The lowest BCUT2D eigenvalue weighted by Crippen LogP contribution is -2.28. The fourth-order valence-electron chi connectivity index (χ4n) is 1.79. The average Bonchev–Trinajstić information content (AvgIpc) is 2.94. The van der Waals surface area contributed by atoms with E-state index in [4.69, 9.17) is 4.42 Å². The van der Waals surface area contributed by atoms with E-state index in [0.717, 1.165) is 12.0 Å². The Balaban J connectivity index is 2.12. The lowest BCUT2D eigenvalue weighted by molar-refractivity contribution is 0.0929. The van der Waals surface area contributed by atoms with Crippen molar-refractivity contribution in [1.29, 1.82) is 0 Å². The van der Waals surface area contributed by atoms with E-state index in [1.807, 2.05) is 20.2 Å². The molecule has 18 heavy (non-hydrogen) atoms. The molecule has 0 saturated carbocycles. The van der Waals surface area contributed by atoms with Gasteiger partial charge in [0.25, 0.3) is 5.91 Å². The minimum atomic E-state index is -0.225. The third-order valence-electron chi connectivity index (χ3n) is 2.80. The van der Waals surface area contributed by atoms with Gasteiger partial charge >= 0.3 is 0 Å². The van der Waals surface area contributed by atoms with E-state index in [9.17, 15) is 4.79 Å². The first-order chi connectivity index (χ1) is 8.61. The number of nitrogens with zero attached hydrogens (tertiary/aromatic N) is 3. The topological polar surface area (TPSA) is 73.0 Å². The van der Waals surface area contributed by atoms with E-state index in [-0.39, 0.29) is 11.9 Å². The van der Waals surface area contributed by atoms with Crippen molar-refractivity contribution < 1.29 is 9.21 Å². The van der Waals surface area contributed by atoms with Crippen LogP contribution >= 0.6 is 0 Å². The summed E-state index contributed by atoms with van der Waals surface area (Å²) in [6.45, 7) is 3.72. The molecule has 0 saturated heterocycles. The quantitative estimate of drug-likeness (QED) is 0.891. The van der Waals surface area contributed by atoms with Gasteiger partial charge in [0.2, 0.25) is 0 Å². The van der Waals surface area contributed by atoms with Gasteiger partial charge in [-0.15, -0.1) is 0 Å². The Bertz CT molecular complexity index is 544. The Hall–Kier alpha value is -2.11. The van der Waals surface area contributed by atoms with Gasteiger partial charge in [0, 0.05) is 18.8 Å². The zero-order valence-corrected chi connectivity index (χ0v) is 10.7. The molecule has 2 aromatic heterocycles. The van der Waals surface area contributed by atoms with Crippen molar-refractivity contribution in [2.45, 2.75) is 26.3 Å². The van der Waals surface area contributed by atoms with Crippen molar-refractivity contribution in [3.63, 3.8) is 0 Å². The van der Waals surface area contributed by atoms with E-state index in [1.54, 1.807) is 17.8 Å². The summed E-state index contributed by atoms with van der Waals surface area (Å²) in [6.07, 6.45) is 5.71. The molecule has 2 heterocycles. The molecule has 0 aliphatic carbocycles. The van der Waals surface area contributed by atoms with Gasteiger partial charge in [-0.05, 0) is 13.3 Å². The second-order valence-electron chi connectivity index (χ2n) is 4.14. The summed E-state index contributed by atoms with van der Waals surface area (Å²) in [6, 6.07) is -0.0673. The highest BCUT2D eigenvalue weighted by molar-refractivity contribution is 5.93. The zero-order valence-electron chi connectivity index (χ0n) is 10.7. The number of nitrogens with one attached hydrogen (secondary N) is 1. The number of hydrogen-bond donors (Lipinski definition) is 1. The number of aromatic nitrogens is 3. The second kappa shape index (κ2) is 5.03. The van der Waals surface area contributed by atoms with Crippen LogP contribution in [-0.2, 0) is 7.05 Å². The standard InChI is InChI=1S/C12H16N4O2/c1-4-10(9-5-14-16(3)6-9)15-12(17)11-8(2)18-7-13-11/h5-7,10H,4H2,1-3H3,(H,15,17). The van der Waals surface area contributed by atoms with E-state index in [0.29, 0.717) is 11.5 Å². The molecule has 0 aliphatic heterocycles. The van der Waals surface area contributed by atoms with Crippen molar-refractivity contribution in [3.8, 4) is 0 Å². The van der Waals surface area contributed by atoms with Crippen LogP contribution in [0.1, 0.15) is 41.2 Å². The highest BCUT2D eigenvalue weighted by atomic mass is 16.3. The van der Waals surface area contributed by atoms with Crippen LogP contribution in [0.3, 0.4) is 0 Å². The number of carbonyl (C=O) groups is 1. The Labute approximate surface area is 105 Å². The van der Waals surface area contributed by atoms with Crippen LogP contribution in [0.5, 0.6) is 0 Å². The molecular weight excluding hydrogens is 232 g/mol. The fourth-order valence-corrected chi connectivity index (χ4v) is 1.79. The smallest absolute Gasteiger partial charge is 0.274 e. The van der Waals surface area contributed by atoms with E-state index in [1.165, 1.54) is 6.39 Å². The van der Waals surface area contributed by atoms with E-state index < -0.39 is 0 Å². The lowest BCUT2D eigenvalue weighted by atomic mass is 10.1. The maximum absolute atomic E-state index is 12.0. The van der Waals surface area contributed by atoms with Crippen molar-refractivity contribution in [2.24, 2.45) is 7.05 Å². The first-order valence-electron chi connectivity index (χ1n) is 5.81.